The van der Waals surface area contributed by atoms with Crippen LogP contribution in [-0.2, 0) is 12.8 Å². The summed E-state index contributed by atoms with van der Waals surface area (Å²) < 4.78 is 7.80. The Hall–Kier alpha value is -0.840. The summed E-state index contributed by atoms with van der Waals surface area (Å²) in [5, 5.41) is 0. The van der Waals surface area contributed by atoms with Gasteiger partial charge in [0.15, 0.2) is 0 Å². The van der Waals surface area contributed by atoms with Gasteiger partial charge >= 0.3 is 0 Å². The average Bonchev–Trinajstić information content (AvgIpc) is 2.43. The van der Waals surface area contributed by atoms with Crippen molar-refractivity contribution in [3.8, 4) is 5.75 Å². The molecule has 0 unspecified atom stereocenters. The second kappa shape index (κ2) is 7.81. The van der Waals surface area contributed by atoms with E-state index in [4.69, 9.17) is 10.5 Å². The van der Waals surface area contributed by atoms with Gasteiger partial charge in [0.05, 0.1) is 15.6 Å². The van der Waals surface area contributed by atoms with Gasteiger partial charge in [-0.25, -0.2) is 0 Å². The fraction of sp³-hybridized carbons (Fsp3) is 0.250. The zero-order valence-corrected chi connectivity index (χ0v) is 14.3. The Bertz CT molecular complexity index is 535. The minimum absolute atomic E-state index is 0.646. The van der Waals surface area contributed by atoms with E-state index in [0.29, 0.717) is 13.2 Å². The summed E-state index contributed by atoms with van der Waals surface area (Å²) in [5.41, 5.74) is 8.05. The van der Waals surface area contributed by atoms with Crippen LogP contribution in [0, 0.1) is 0 Å². The summed E-state index contributed by atoms with van der Waals surface area (Å²) in [7, 11) is 0. The van der Waals surface area contributed by atoms with Gasteiger partial charge < -0.3 is 10.5 Å². The largest absolute Gasteiger partial charge is 0.491 e. The van der Waals surface area contributed by atoms with Crippen molar-refractivity contribution in [3.63, 3.8) is 0 Å². The van der Waals surface area contributed by atoms with Gasteiger partial charge in [0, 0.05) is 6.42 Å². The van der Waals surface area contributed by atoms with E-state index in [1.807, 2.05) is 18.2 Å². The third kappa shape index (κ3) is 4.33. The molecule has 0 saturated carbocycles. The Morgan fingerprint density at radius 1 is 0.900 bits per heavy atom. The van der Waals surface area contributed by atoms with E-state index in [1.54, 1.807) is 0 Å². The minimum atomic E-state index is 0.646. The Kier molecular flexibility index (Phi) is 6.07. The highest BCUT2D eigenvalue weighted by Gasteiger charge is 2.09. The first-order chi connectivity index (χ1) is 9.70. The van der Waals surface area contributed by atoms with Crippen LogP contribution < -0.4 is 10.5 Å². The number of benzene rings is 2. The second-order valence-electron chi connectivity index (χ2n) is 4.51. The van der Waals surface area contributed by atoms with Crippen molar-refractivity contribution in [3.05, 3.63) is 62.5 Å². The van der Waals surface area contributed by atoms with Crippen LogP contribution in [0.4, 0.5) is 0 Å². The molecule has 0 saturated heterocycles. The number of halogens is 2. The fourth-order valence-corrected chi connectivity index (χ4v) is 3.49. The monoisotopic (exact) mass is 397 g/mol. The molecule has 0 amide bonds. The molecule has 0 heterocycles. The van der Waals surface area contributed by atoms with Gasteiger partial charge in [0.1, 0.15) is 5.75 Å². The Labute approximate surface area is 136 Å². The predicted molar refractivity (Wildman–Crippen MR) is 90.2 cm³/mol. The quantitative estimate of drug-likeness (QED) is 0.785. The van der Waals surface area contributed by atoms with Crippen LogP contribution in [0.2, 0.25) is 0 Å². The molecule has 0 radical (unpaired) electrons. The molecule has 4 heteroatoms. The summed E-state index contributed by atoms with van der Waals surface area (Å²) in [6, 6.07) is 14.5. The van der Waals surface area contributed by atoms with Crippen LogP contribution in [0.15, 0.2) is 51.4 Å². The molecule has 0 bridgehead atoms. The minimum Gasteiger partial charge on any atom is -0.491 e. The lowest BCUT2D eigenvalue weighted by Crippen LogP contribution is -2.05. The van der Waals surface area contributed by atoms with Crippen molar-refractivity contribution >= 4 is 31.9 Å². The lowest BCUT2D eigenvalue weighted by Gasteiger charge is -2.12. The maximum atomic E-state index is 5.88. The zero-order valence-electron chi connectivity index (χ0n) is 11.1. The van der Waals surface area contributed by atoms with Crippen molar-refractivity contribution in [1.29, 1.82) is 0 Å². The molecular weight excluding hydrogens is 382 g/mol. The van der Waals surface area contributed by atoms with Gasteiger partial charge in [-0.2, -0.15) is 0 Å². The third-order valence-corrected chi connectivity index (χ3v) is 4.15. The lowest BCUT2D eigenvalue weighted by atomic mass is 10.1. The smallest absolute Gasteiger partial charge is 0.147 e. The van der Waals surface area contributed by atoms with E-state index < -0.39 is 0 Å². The van der Waals surface area contributed by atoms with E-state index in [0.717, 1.165) is 27.5 Å². The molecule has 0 fully saturated rings. The number of nitrogens with two attached hydrogens (primary N) is 1. The zero-order chi connectivity index (χ0) is 14.4. The summed E-state index contributed by atoms with van der Waals surface area (Å²) in [5.74, 6) is 0.849. The van der Waals surface area contributed by atoms with Crippen LogP contribution in [0.25, 0.3) is 0 Å². The van der Waals surface area contributed by atoms with E-state index in [9.17, 15) is 0 Å². The molecule has 2 N–H and O–H groups in total. The third-order valence-electron chi connectivity index (χ3n) is 2.97. The average molecular weight is 399 g/mol. The van der Waals surface area contributed by atoms with Gasteiger partial charge in [-0.3, -0.25) is 0 Å². The molecule has 20 heavy (non-hydrogen) atoms. The number of hydrogen-bond donors (Lipinski definition) is 1. The first-order valence-electron chi connectivity index (χ1n) is 6.55. The summed E-state index contributed by atoms with van der Waals surface area (Å²) in [6.45, 7) is 1.30. The molecule has 2 aromatic carbocycles. The van der Waals surface area contributed by atoms with E-state index in [-0.39, 0.29) is 0 Å². The first kappa shape index (κ1) is 15.5. The van der Waals surface area contributed by atoms with Crippen LogP contribution in [0.5, 0.6) is 5.75 Å². The number of hydrogen-bond acceptors (Lipinski definition) is 2. The number of rotatable bonds is 6. The molecular formula is C16H17Br2NO. The van der Waals surface area contributed by atoms with Crippen molar-refractivity contribution < 1.29 is 4.74 Å². The topological polar surface area (TPSA) is 35.2 Å². The van der Waals surface area contributed by atoms with Crippen LogP contribution in [0.1, 0.15) is 11.1 Å². The molecule has 0 aromatic heterocycles. The Morgan fingerprint density at radius 3 is 2.15 bits per heavy atom. The van der Waals surface area contributed by atoms with Crippen molar-refractivity contribution in [2.45, 2.75) is 12.8 Å². The summed E-state index contributed by atoms with van der Waals surface area (Å²) in [6.07, 6.45) is 1.76. The van der Waals surface area contributed by atoms with Gasteiger partial charge in [0.2, 0.25) is 0 Å². The van der Waals surface area contributed by atoms with Crippen LogP contribution in [-0.4, -0.2) is 13.2 Å². The highest BCUT2D eigenvalue weighted by Crippen LogP contribution is 2.35. The van der Waals surface area contributed by atoms with Crippen molar-refractivity contribution in [2.24, 2.45) is 5.73 Å². The van der Waals surface area contributed by atoms with Crippen LogP contribution >= 0.6 is 31.9 Å². The molecule has 0 aliphatic carbocycles. The first-order valence-corrected chi connectivity index (χ1v) is 8.14. The highest BCUT2D eigenvalue weighted by atomic mass is 79.9. The van der Waals surface area contributed by atoms with Gasteiger partial charge in [-0.05, 0) is 68.1 Å². The highest BCUT2D eigenvalue weighted by molar-refractivity contribution is 9.11. The number of ether oxygens (including phenoxy) is 1. The van der Waals surface area contributed by atoms with Crippen molar-refractivity contribution in [2.75, 3.05) is 13.2 Å². The predicted octanol–water partition coefficient (Wildman–Crippen LogP) is 4.33. The molecule has 2 rings (SSSR count). The molecule has 106 valence electrons. The molecule has 0 aliphatic rings. The van der Waals surface area contributed by atoms with E-state index in [2.05, 4.69) is 56.1 Å². The molecule has 2 aromatic rings. The Balaban J connectivity index is 1.99. The SMILES string of the molecule is NCCc1cc(Br)c(OCCc2ccccc2)c(Br)c1. The molecule has 0 spiro atoms. The maximum Gasteiger partial charge on any atom is 0.147 e. The van der Waals surface area contributed by atoms with Gasteiger partial charge in [-0.15, -0.1) is 0 Å². The standard InChI is InChI=1S/C16H17Br2NO/c17-14-10-13(6-8-19)11-15(18)16(14)20-9-7-12-4-2-1-3-5-12/h1-5,10-11H,6-9,19H2. The van der Waals surface area contributed by atoms with E-state index in [1.165, 1.54) is 11.1 Å². The van der Waals surface area contributed by atoms with Crippen LogP contribution in [0.3, 0.4) is 0 Å². The molecule has 2 nitrogen and oxygen atoms in total. The maximum absolute atomic E-state index is 5.88. The fourth-order valence-electron chi connectivity index (χ4n) is 1.98. The van der Waals surface area contributed by atoms with Crippen molar-refractivity contribution in [1.82, 2.24) is 0 Å². The second-order valence-corrected chi connectivity index (χ2v) is 6.22. The summed E-state index contributed by atoms with van der Waals surface area (Å²) in [4.78, 5) is 0. The molecule has 0 atom stereocenters. The van der Waals surface area contributed by atoms with Gasteiger partial charge in [-0.1, -0.05) is 30.3 Å². The van der Waals surface area contributed by atoms with Gasteiger partial charge in [0.25, 0.3) is 0 Å². The molecule has 0 aliphatic heterocycles. The lowest BCUT2D eigenvalue weighted by molar-refractivity contribution is 0.318. The van der Waals surface area contributed by atoms with E-state index >= 15 is 0 Å². The normalized spacial score (nSPS) is 10.6. The Morgan fingerprint density at radius 2 is 1.55 bits per heavy atom. The summed E-state index contributed by atoms with van der Waals surface area (Å²) >= 11 is 7.12.